The summed E-state index contributed by atoms with van der Waals surface area (Å²) in [5.41, 5.74) is 6.67. The van der Waals surface area contributed by atoms with Gasteiger partial charge in [0.15, 0.2) is 5.71 Å². The van der Waals surface area contributed by atoms with Gasteiger partial charge in [0.2, 0.25) is 0 Å². The minimum atomic E-state index is 0.721. The Hall–Kier alpha value is -1.65. The van der Waals surface area contributed by atoms with Gasteiger partial charge in [0, 0.05) is 13.4 Å². The molecule has 5 rings (SSSR count). The van der Waals surface area contributed by atoms with E-state index in [4.69, 9.17) is 15.1 Å². The number of hydrogen-bond donors (Lipinski definition) is 1. The van der Waals surface area contributed by atoms with Crippen LogP contribution >= 0.6 is 70.5 Å². The first-order valence-corrected chi connectivity index (χ1v) is 12.8. The highest BCUT2D eigenvalue weighted by Crippen LogP contribution is 2.35. The van der Waals surface area contributed by atoms with Gasteiger partial charge in [-0.05, 0) is 68.3 Å². The van der Waals surface area contributed by atoms with Crippen LogP contribution in [0.2, 0.25) is 0 Å². The third kappa shape index (κ3) is 3.97. The molecule has 0 spiro atoms. The molecule has 148 valence electrons. The Balaban J connectivity index is 1.65. The van der Waals surface area contributed by atoms with Crippen LogP contribution < -0.4 is 5.43 Å². The van der Waals surface area contributed by atoms with Gasteiger partial charge < -0.3 is 0 Å². The number of thiazole rings is 2. The molecule has 0 saturated heterocycles. The fraction of sp³-hybridized carbons (Fsp3) is 0. The third-order valence-electron chi connectivity index (χ3n) is 4.28. The van der Waals surface area contributed by atoms with Crippen molar-refractivity contribution in [1.82, 2.24) is 9.97 Å². The monoisotopic (exact) mass is 620 g/mol. The average molecular weight is 623 g/mol. The van der Waals surface area contributed by atoms with Crippen LogP contribution in [0.5, 0.6) is 0 Å². The number of halogens is 3. The van der Waals surface area contributed by atoms with Gasteiger partial charge in [0.1, 0.15) is 10.0 Å². The molecule has 0 aliphatic carbocycles. The first kappa shape index (κ1) is 20.3. The number of benzene rings is 3. The van der Waals surface area contributed by atoms with Crippen LogP contribution in [0.3, 0.4) is 0 Å². The quantitative estimate of drug-likeness (QED) is 0.163. The summed E-state index contributed by atoms with van der Waals surface area (Å²) in [4.78, 5) is 9.63. The van der Waals surface area contributed by atoms with Gasteiger partial charge in [-0.25, -0.2) is 9.97 Å². The number of hydrogen-bond acceptors (Lipinski definition) is 6. The smallest absolute Gasteiger partial charge is 0.155 e. The van der Waals surface area contributed by atoms with Gasteiger partial charge in [-0.1, -0.05) is 40.2 Å². The van der Waals surface area contributed by atoms with Crippen LogP contribution in [0, 0.1) is 0 Å². The molecular weight excluding hydrogens is 612 g/mol. The summed E-state index contributed by atoms with van der Waals surface area (Å²) < 4.78 is 4.98. The Kier molecular flexibility index (Phi) is 5.72. The molecule has 2 aromatic heterocycles. The highest BCUT2D eigenvalue weighted by atomic mass is 79.9. The topological polar surface area (TPSA) is 50.2 Å². The van der Waals surface area contributed by atoms with E-state index in [1.165, 1.54) is 0 Å². The molecule has 0 amide bonds. The molecule has 0 atom stereocenters. The molecule has 9 heteroatoms. The molecule has 0 saturated carbocycles. The van der Waals surface area contributed by atoms with E-state index in [2.05, 4.69) is 65.3 Å². The third-order valence-corrected chi connectivity index (χ3v) is 8.07. The lowest BCUT2D eigenvalue weighted by Gasteiger charge is -2.08. The number of nitrogens with one attached hydrogen (secondary N) is 1. The Morgan fingerprint density at radius 2 is 1.27 bits per heavy atom. The van der Waals surface area contributed by atoms with Crippen LogP contribution in [-0.4, -0.2) is 15.7 Å². The lowest BCUT2D eigenvalue weighted by molar-refractivity contribution is 1.28. The van der Waals surface area contributed by atoms with Gasteiger partial charge in [0.05, 0.1) is 26.1 Å². The average Bonchev–Trinajstić information content (AvgIpc) is 3.33. The molecule has 3 aromatic carbocycles. The predicted octanol–water partition coefficient (Wildman–Crippen LogP) is 8.06. The lowest BCUT2D eigenvalue weighted by atomic mass is 10.3. The van der Waals surface area contributed by atoms with E-state index in [1.807, 2.05) is 48.5 Å². The zero-order valence-corrected chi connectivity index (χ0v) is 21.5. The normalized spacial score (nSPS) is 11.2. The van der Waals surface area contributed by atoms with Crippen molar-refractivity contribution in [3.63, 3.8) is 0 Å². The summed E-state index contributed by atoms with van der Waals surface area (Å²) in [5.74, 6) is 0. The highest BCUT2D eigenvalue weighted by molar-refractivity contribution is 9.11. The van der Waals surface area contributed by atoms with Crippen molar-refractivity contribution >= 4 is 102 Å². The molecule has 30 heavy (non-hydrogen) atoms. The van der Waals surface area contributed by atoms with Gasteiger partial charge in [-0.3, -0.25) is 5.43 Å². The maximum absolute atomic E-state index is 4.81. The zero-order chi connectivity index (χ0) is 20.7. The molecule has 0 bridgehead atoms. The number of hydrazone groups is 1. The maximum atomic E-state index is 4.81. The van der Waals surface area contributed by atoms with E-state index in [0.717, 1.165) is 55.3 Å². The number of fused-ring (bicyclic) bond motifs is 2. The summed E-state index contributed by atoms with van der Waals surface area (Å²) in [5, 5.41) is 6.42. The molecule has 0 aliphatic heterocycles. The summed E-state index contributed by atoms with van der Waals surface area (Å²) in [7, 11) is 0. The van der Waals surface area contributed by atoms with E-state index < -0.39 is 0 Å². The van der Waals surface area contributed by atoms with Gasteiger partial charge in [0.25, 0.3) is 0 Å². The number of aromatic nitrogens is 2. The van der Waals surface area contributed by atoms with Gasteiger partial charge in [-0.2, -0.15) is 5.10 Å². The van der Waals surface area contributed by atoms with E-state index in [0.29, 0.717) is 0 Å². The van der Waals surface area contributed by atoms with Gasteiger partial charge in [-0.15, -0.1) is 22.7 Å². The Labute approximate surface area is 205 Å². The molecule has 0 aliphatic rings. The summed E-state index contributed by atoms with van der Waals surface area (Å²) in [6.07, 6.45) is 0. The SMILES string of the molecule is Brc1cc(Br)c(NN=C(c2nc3ccccc3s2)c2nc3ccccc3s2)c(Br)c1. The molecule has 5 aromatic rings. The minimum Gasteiger partial charge on any atom is -0.275 e. The molecular formula is C21H11Br3N4S2. The van der Waals surface area contributed by atoms with E-state index in [9.17, 15) is 0 Å². The van der Waals surface area contributed by atoms with Crippen LogP contribution in [0.4, 0.5) is 5.69 Å². The zero-order valence-electron chi connectivity index (χ0n) is 15.1. The van der Waals surface area contributed by atoms with Crippen molar-refractivity contribution in [3.05, 3.63) is 84.1 Å². The standard InChI is InChI=1S/C21H11Br3N4S2/c22-11-9-12(23)18(13(24)10-11)27-28-19(20-25-14-5-1-3-7-16(14)29-20)21-26-15-6-2-4-8-17(15)30-21/h1-10,27H. The second-order valence-corrected chi connectivity index (χ2v) is 11.0. The first-order valence-electron chi connectivity index (χ1n) is 8.78. The fourth-order valence-corrected chi connectivity index (χ4v) is 7.31. The van der Waals surface area contributed by atoms with E-state index >= 15 is 0 Å². The molecule has 0 fully saturated rings. The van der Waals surface area contributed by atoms with Gasteiger partial charge >= 0.3 is 0 Å². The van der Waals surface area contributed by atoms with Crippen LogP contribution in [0.25, 0.3) is 20.4 Å². The summed E-state index contributed by atoms with van der Waals surface area (Å²) in [6.45, 7) is 0. The molecule has 0 radical (unpaired) electrons. The van der Waals surface area contributed by atoms with Crippen molar-refractivity contribution in [2.24, 2.45) is 5.10 Å². The van der Waals surface area contributed by atoms with Crippen LogP contribution in [0.15, 0.2) is 79.2 Å². The van der Waals surface area contributed by atoms with E-state index in [-0.39, 0.29) is 0 Å². The van der Waals surface area contributed by atoms with Crippen molar-refractivity contribution in [2.45, 2.75) is 0 Å². The van der Waals surface area contributed by atoms with Crippen LogP contribution in [-0.2, 0) is 0 Å². The lowest BCUT2D eigenvalue weighted by Crippen LogP contribution is -2.06. The minimum absolute atomic E-state index is 0.721. The largest absolute Gasteiger partial charge is 0.275 e. The second kappa shape index (κ2) is 8.47. The fourth-order valence-electron chi connectivity index (χ4n) is 2.89. The second-order valence-electron chi connectivity index (χ2n) is 6.29. The highest BCUT2D eigenvalue weighted by Gasteiger charge is 2.18. The Morgan fingerprint density at radius 3 is 1.77 bits per heavy atom. The Bertz CT molecular complexity index is 1260. The predicted molar refractivity (Wildman–Crippen MR) is 138 cm³/mol. The van der Waals surface area contributed by atoms with Crippen molar-refractivity contribution < 1.29 is 0 Å². The van der Waals surface area contributed by atoms with Crippen molar-refractivity contribution in [1.29, 1.82) is 0 Å². The number of para-hydroxylation sites is 2. The number of anilines is 1. The summed E-state index contributed by atoms with van der Waals surface area (Å²) >= 11 is 13.9. The van der Waals surface area contributed by atoms with Crippen LogP contribution in [0.1, 0.15) is 10.0 Å². The molecule has 1 N–H and O–H groups in total. The van der Waals surface area contributed by atoms with Crippen molar-refractivity contribution in [2.75, 3.05) is 5.43 Å². The Morgan fingerprint density at radius 1 is 0.767 bits per heavy atom. The molecule has 4 nitrogen and oxygen atoms in total. The first-order chi connectivity index (χ1) is 14.6. The molecule has 0 unspecified atom stereocenters. The summed E-state index contributed by atoms with van der Waals surface area (Å²) in [6, 6.07) is 20.1. The molecule has 2 heterocycles. The van der Waals surface area contributed by atoms with E-state index in [1.54, 1.807) is 22.7 Å². The number of nitrogens with zero attached hydrogens (tertiary/aromatic N) is 3. The number of rotatable bonds is 4. The maximum Gasteiger partial charge on any atom is 0.155 e. The van der Waals surface area contributed by atoms with Crippen molar-refractivity contribution in [3.8, 4) is 0 Å².